The van der Waals surface area contributed by atoms with Crippen LogP contribution in [-0.2, 0) is 9.59 Å². The molecule has 29 heavy (non-hydrogen) atoms. The SMILES string of the molecule is C#CCOc1c(Cl)cc(/C=C2\C(=O)NC(=O)N(c3ccc(F)cc3)C2=O)cc1Cl. The summed E-state index contributed by atoms with van der Waals surface area (Å²) in [5, 5.41) is 2.30. The largest absolute Gasteiger partial charge is 0.478 e. The topological polar surface area (TPSA) is 75.7 Å². The first kappa shape index (κ1) is 20.4. The Morgan fingerprint density at radius 1 is 1.14 bits per heavy atom. The molecule has 4 amide bonds. The molecule has 0 spiro atoms. The summed E-state index contributed by atoms with van der Waals surface area (Å²) in [6, 6.07) is 6.56. The van der Waals surface area contributed by atoms with Crippen molar-refractivity contribution in [2.45, 2.75) is 0 Å². The average molecular weight is 433 g/mol. The summed E-state index contributed by atoms with van der Waals surface area (Å²) in [7, 11) is 0. The molecule has 1 aliphatic rings. The summed E-state index contributed by atoms with van der Waals surface area (Å²) in [5.41, 5.74) is 0.0831. The van der Waals surface area contributed by atoms with E-state index >= 15 is 0 Å². The molecule has 0 unspecified atom stereocenters. The van der Waals surface area contributed by atoms with Gasteiger partial charge in [-0.15, -0.1) is 6.42 Å². The number of hydrogen-bond donors (Lipinski definition) is 1. The van der Waals surface area contributed by atoms with Gasteiger partial charge in [0.15, 0.2) is 5.75 Å². The zero-order chi connectivity index (χ0) is 21.1. The number of halogens is 3. The zero-order valence-corrected chi connectivity index (χ0v) is 16.1. The molecule has 9 heteroatoms. The van der Waals surface area contributed by atoms with E-state index in [1.165, 1.54) is 30.3 Å². The Morgan fingerprint density at radius 3 is 2.34 bits per heavy atom. The average Bonchev–Trinajstić information content (AvgIpc) is 2.66. The highest BCUT2D eigenvalue weighted by molar-refractivity contribution is 6.40. The number of carbonyl (C=O) groups is 3. The number of nitrogens with one attached hydrogen (secondary N) is 1. The van der Waals surface area contributed by atoms with E-state index in [1.807, 2.05) is 0 Å². The number of imide groups is 2. The number of carbonyl (C=O) groups excluding carboxylic acids is 3. The smallest absolute Gasteiger partial charge is 0.335 e. The van der Waals surface area contributed by atoms with Gasteiger partial charge in [-0.1, -0.05) is 29.1 Å². The van der Waals surface area contributed by atoms with E-state index in [-0.39, 0.29) is 33.7 Å². The first-order valence-corrected chi connectivity index (χ1v) is 8.79. The van der Waals surface area contributed by atoms with Crippen LogP contribution in [0.5, 0.6) is 5.75 Å². The molecule has 146 valence electrons. The summed E-state index contributed by atoms with van der Waals surface area (Å²) in [6.07, 6.45) is 6.36. The Hall–Kier alpha value is -3.34. The fourth-order valence-corrected chi connectivity index (χ4v) is 3.18. The molecule has 0 saturated carbocycles. The normalized spacial score (nSPS) is 15.3. The first-order valence-electron chi connectivity index (χ1n) is 8.04. The molecule has 1 N–H and O–H groups in total. The number of ether oxygens (including phenoxy) is 1. The van der Waals surface area contributed by atoms with Crippen molar-refractivity contribution in [2.24, 2.45) is 0 Å². The third-order valence-electron chi connectivity index (χ3n) is 3.82. The van der Waals surface area contributed by atoms with Gasteiger partial charge >= 0.3 is 6.03 Å². The number of nitrogens with zero attached hydrogens (tertiary/aromatic N) is 1. The van der Waals surface area contributed by atoms with Crippen LogP contribution in [-0.4, -0.2) is 24.5 Å². The standard InChI is InChI=1S/C20H11Cl2FN2O4/c1-2-7-29-17-15(21)9-11(10-16(17)22)8-14-18(26)24-20(28)25(19(14)27)13-5-3-12(23)4-6-13/h1,3-6,8-10H,7H2,(H,24,26,28)/b14-8+. The van der Waals surface area contributed by atoms with Crippen LogP contribution in [0, 0.1) is 18.2 Å². The van der Waals surface area contributed by atoms with Gasteiger partial charge in [-0.05, 0) is 48.0 Å². The Bertz CT molecular complexity index is 1070. The van der Waals surface area contributed by atoms with Crippen molar-refractivity contribution in [1.82, 2.24) is 5.32 Å². The van der Waals surface area contributed by atoms with Gasteiger partial charge < -0.3 is 4.74 Å². The molecule has 6 nitrogen and oxygen atoms in total. The van der Waals surface area contributed by atoms with Crippen LogP contribution in [0.1, 0.15) is 5.56 Å². The van der Waals surface area contributed by atoms with Gasteiger partial charge in [-0.3, -0.25) is 14.9 Å². The number of anilines is 1. The molecule has 0 atom stereocenters. The van der Waals surface area contributed by atoms with Crippen LogP contribution in [0.15, 0.2) is 42.0 Å². The van der Waals surface area contributed by atoms with E-state index in [0.717, 1.165) is 17.0 Å². The Morgan fingerprint density at radius 2 is 1.76 bits per heavy atom. The minimum absolute atomic E-state index is 0.0461. The monoisotopic (exact) mass is 432 g/mol. The van der Waals surface area contributed by atoms with Crippen LogP contribution in [0.4, 0.5) is 14.9 Å². The highest BCUT2D eigenvalue weighted by atomic mass is 35.5. The molecule has 1 saturated heterocycles. The predicted octanol–water partition coefficient (Wildman–Crippen LogP) is 3.81. The number of rotatable bonds is 4. The molecule has 1 aliphatic heterocycles. The lowest BCUT2D eigenvalue weighted by Gasteiger charge is -2.26. The van der Waals surface area contributed by atoms with Crippen molar-refractivity contribution in [3.05, 3.63) is 63.4 Å². The molecule has 1 fully saturated rings. The number of urea groups is 1. The van der Waals surface area contributed by atoms with Gasteiger partial charge in [0.05, 0.1) is 15.7 Å². The van der Waals surface area contributed by atoms with Crippen LogP contribution in [0.25, 0.3) is 6.08 Å². The highest BCUT2D eigenvalue weighted by Crippen LogP contribution is 2.35. The van der Waals surface area contributed by atoms with E-state index in [9.17, 15) is 18.8 Å². The zero-order valence-electron chi connectivity index (χ0n) is 14.5. The quantitative estimate of drug-likeness (QED) is 0.452. The Labute approximate surface area is 174 Å². The Balaban J connectivity index is 1.98. The lowest BCUT2D eigenvalue weighted by molar-refractivity contribution is -0.122. The number of amides is 4. The molecule has 0 bridgehead atoms. The van der Waals surface area contributed by atoms with Crippen LogP contribution < -0.4 is 15.0 Å². The van der Waals surface area contributed by atoms with Crippen molar-refractivity contribution in [3.8, 4) is 18.1 Å². The van der Waals surface area contributed by atoms with Crippen LogP contribution in [0.3, 0.4) is 0 Å². The first-order chi connectivity index (χ1) is 13.8. The molecule has 3 rings (SSSR count). The summed E-state index contributed by atoms with van der Waals surface area (Å²) >= 11 is 12.3. The molecular formula is C20H11Cl2FN2O4. The summed E-state index contributed by atoms with van der Waals surface area (Å²) in [6.45, 7) is -0.0461. The second kappa shape index (κ2) is 8.35. The molecule has 0 radical (unpaired) electrons. The predicted molar refractivity (Wildman–Crippen MR) is 106 cm³/mol. The second-order valence-electron chi connectivity index (χ2n) is 5.74. The second-order valence-corrected chi connectivity index (χ2v) is 6.56. The minimum atomic E-state index is -0.946. The van der Waals surface area contributed by atoms with E-state index in [4.69, 9.17) is 34.4 Å². The maximum atomic E-state index is 13.1. The summed E-state index contributed by atoms with van der Waals surface area (Å²) < 4.78 is 18.4. The number of hydrogen-bond acceptors (Lipinski definition) is 4. The number of benzene rings is 2. The molecule has 2 aromatic rings. The maximum Gasteiger partial charge on any atom is 0.335 e. The molecule has 0 aromatic heterocycles. The Kier molecular flexibility index (Phi) is 5.87. The van der Waals surface area contributed by atoms with Crippen molar-refractivity contribution in [3.63, 3.8) is 0 Å². The molecule has 1 heterocycles. The fraction of sp³-hybridized carbons (Fsp3) is 0.0500. The third kappa shape index (κ3) is 4.24. The third-order valence-corrected chi connectivity index (χ3v) is 4.38. The lowest BCUT2D eigenvalue weighted by atomic mass is 10.1. The van der Waals surface area contributed by atoms with Gasteiger partial charge in [0.25, 0.3) is 11.8 Å². The van der Waals surface area contributed by atoms with E-state index < -0.39 is 23.7 Å². The van der Waals surface area contributed by atoms with Gasteiger partial charge in [0, 0.05) is 0 Å². The van der Waals surface area contributed by atoms with Crippen molar-refractivity contribution < 1.29 is 23.5 Å². The number of terminal acetylenes is 1. The lowest BCUT2D eigenvalue weighted by Crippen LogP contribution is -2.54. The van der Waals surface area contributed by atoms with Crippen molar-refractivity contribution >= 4 is 52.8 Å². The molecular weight excluding hydrogens is 422 g/mol. The molecule has 2 aromatic carbocycles. The number of barbiturate groups is 1. The van der Waals surface area contributed by atoms with E-state index in [1.54, 1.807) is 0 Å². The minimum Gasteiger partial charge on any atom is -0.478 e. The maximum absolute atomic E-state index is 13.1. The van der Waals surface area contributed by atoms with Crippen molar-refractivity contribution in [1.29, 1.82) is 0 Å². The van der Waals surface area contributed by atoms with Gasteiger partial charge in [0.1, 0.15) is 18.0 Å². The summed E-state index contributed by atoms with van der Waals surface area (Å²) in [5.74, 6) is 0.129. The van der Waals surface area contributed by atoms with Crippen LogP contribution >= 0.6 is 23.2 Å². The molecule has 0 aliphatic carbocycles. The van der Waals surface area contributed by atoms with E-state index in [0.29, 0.717) is 5.56 Å². The fourth-order valence-electron chi connectivity index (χ4n) is 2.56. The van der Waals surface area contributed by atoms with Gasteiger partial charge in [-0.25, -0.2) is 14.1 Å². The van der Waals surface area contributed by atoms with Gasteiger partial charge in [0.2, 0.25) is 0 Å². The highest BCUT2D eigenvalue weighted by Gasteiger charge is 2.36. The van der Waals surface area contributed by atoms with E-state index in [2.05, 4.69) is 11.2 Å². The summed E-state index contributed by atoms with van der Waals surface area (Å²) in [4.78, 5) is 37.8. The van der Waals surface area contributed by atoms with Crippen LogP contribution in [0.2, 0.25) is 10.0 Å². The van der Waals surface area contributed by atoms with Gasteiger partial charge in [-0.2, -0.15) is 0 Å². The van der Waals surface area contributed by atoms with Crippen molar-refractivity contribution in [2.75, 3.05) is 11.5 Å².